The van der Waals surface area contributed by atoms with Crippen LogP contribution in [0.2, 0.25) is 0 Å². The summed E-state index contributed by atoms with van der Waals surface area (Å²) in [5.74, 6) is -1.18. The van der Waals surface area contributed by atoms with E-state index in [1.165, 1.54) is 24.4 Å². The maximum absolute atomic E-state index is 12.3. The summed E-state index contributed by atoms with van der Waals surface area (Å²) >= 11 is 0. The van der Waals surface area contributed by atoms with Gasteiger partial charge < -0.3 is 9.57 Å². The molecule has 1 aromatic heterocycles. The van der Waals surface area contributed by atoms with Crippen molar-refractivity contribution in [2.24, 2.45) is 0 Å². The van der Waals surface area contributed by atoms with Crippen molar-refractivity contribution in [3.8, 4) is 11.5 Å². The van der Waals surface area contributed by atoms with Crippen molar-refractivity contribution in [1.82, 2.24) is 10.0 Å². The van der Waals surface area contributed by atoms with Crippen LogP contribution >= 0.6 is 0 Å². The third-order valence-electron chi connectivity index (χ3n) is 4.20. The van der Waals surface area contributed by atoms with Gasteiger partial charge in [-0.3, -0.25) is 9.59 Å². The maximum atomic E-state index is 12.3. The van der Waals surface area contributed by atoms with Gasteiger partial charge in [-0.05, 0) is 42.8 Å². The van der Waals surface area contributed by atoms with Crippen LogP contribution in [0.5, 0.6) is 11.5 Å². The summed E-state index contributed by atoms with van der Waals surface area (Å²) < 4.78 is 5.72. The Morgan fingerprint density at radius 3 is 2.14 bits per heavy atom. The molecule has 28 heavy (non-hydrogen) atoms. The maximum Gasteiger partial charge on any atom is 0.382 e. The predicted octanol–water partition coefficient (Wildman–Crippen LogP) is 3.55. The van der Waals surface area contributed by atoms with Gasteiger partial charge in [-0.25, -0.2) is 9.78 Å². The number of aromatic nitrogens is 1. The number of nitrogens with zero attached hydrogens (tertiary/aromatic N) is 2. The first-order valence-electron chi connectivity index (χ1n) is 8.44. The third kappa shape index (κ3) is 3.09. The number of pyridine rings is 1. The molecule has 0 N–H and O–H groups in total. The van der Waals surface area contributed by atoms with Gasteiger partial charge in [0, 0.05) is 0 Å². The molecule has 2 aromatic carbocycles. The van der Waals surface area contributed by atoms with E-state index in [0.717, 1.165) is 5.56 Å². The second kappa shape index (κ2) is 6.96. The lowest BCUT2D eigenvalue weighted by Gasteiger charge is -2.12. The van der Waals surface area contributed by atoms with Crippen molar-refractivity contribution in [2.75, 3.05) is 0 Å². The number of fused-ring (bicyclic) bond motifs is 1. The molecular formula is C21H14N2O5. The molecule has 4 rings (SSSR count). The van der Waals surface area contributed by atoms with Gasteiger partial charge >= 0.3 is 5.97 Å². The summed E-state index contributed by atoms with van der Waals surface area (Å²) in [5.41, 5.74) is 1.27. The Kier molecular flexibility index (Phi) is 4.33. The minimum Gasteiger partial charge on any atom is -0.455 e. The summed E-state index contributed by atoms with van der Waals surface area (Å²) in [6.45, 7) is 1.91. The Morgan fingerprint density at radius 2 is 1.54 bits per heavy atom. The van der Waals surface area contributed by atoms with E-state index in [1.807, 2.05) is 31.2 Å². The number of carbonyl (C=O) groups excluding carboxylic acids is 3. The SMILES string of the molecule is Cc1ccccc1Oc1ccc(C(=O)ON2C(=O)c3ccccc3C2=O)nc1. The monoisotopic (exact) mass is 374 g/mol. The number of aryl methyl sites for hydroxylation is 1. The normalized spacial score (nSPS) is 12.7. The second-order valence-corrected chi connectivity index (χ2v) is 6.08. The summed E-state index contributed by atoms with van der Waals surface area (Å²) in [6.07, 6.45) is 1.37. The van der Waals surface area contributed by atoms with Gasteiger partial charge in [0.1, 0.15) is 11.5 Å². The van der Waals surface area contributed by atoms with Crippen molar-refractivity contribution >= 4 is 17.8 Å². The number of hydrogen-bond donors (Lipinski definition) is 0. The summed E-state index contributed by atoms with van der Waals surface area (Å²) in [5, 5.41) is 0.451. The fraction of sp³-hybridized carbons (Fsp3) is 0.0476. The van der Waals surface area contributed by atoms with E-state index in [0.29, 0.717) is 16.6 Å². The zero-order chi connectivity index (χ0) is 19.7. The Bertz CT molecular complexity index is 1060. The molecule has 0 fully saturated rings. The topological polar surface area (TPSA) is 85.8 Å². The lowest BCUT2D eigenvalue weighted by molar-refractivity contribution is -0.0588. The van der Waals surface area contributed by atoms with Gasteiger partial charge in [-0.1, -0.05) is 35.4 Å². The molecule has 0 unspecified atom stereocenters. The quantitative estimate of drug-likeness (QED) is 0.649. The van der Waals surface area contributed by atoms with Gasteiger partial charge in [-0.15, -0.1) is 0 Å². The van der Waals surface area contributed by atoms with Gasteiger partial charge in [0.2, 0.25) is 0 Å². The number of rotatable bonds is 4. The lowest BCUT2D eigenvalue weighted by atomic mass is 10.1. The number of para-hydroxylation sites is 1. The molecule has 1 aliphatic rings. The molecule has 7 nitrogen and oxygen atoms in total. The van der Waals surface area contributed by atoms with Gasteiger partial charge in [0.05, 0.1) is 17.3 Å². The number of hydroxylamine groups is 2. The fourth-order valence-electron chi connectivity index (χ4n) is 2.74. The van der Waals surface area contributed by atoms with E-state index in [2.05, 4.69) is 4.98 Å². The van der Waals surface area contributed by atoms with Crippen LogP contribution in [-0.4, -0.2) is 27.8 Å². The van der Waals surface area contributed by atoms with Gasteiger partial charge in [0.25, 0.3) is 11.8 Å². The van der Waals surface area contributed by atoms with E-state index in [-0.39, 0.29) is 16.8 Å². The van der Waals surface area contributed by atoms with Crippen LogP contribution in [0.3, 0.4) is 0 Å². The van der Waals surface area contributed by atoms with Crippen LogP contribution in [0, 0.1) is 6.92 Å². The molecule has 0 saturated heterocycles. The van der Waals surface area contributed by atoms with E-state index in [1.54, 1.807) is 18.2 Å². The highest BCUT2D eigenvalue weighted by Crippen LogP contribution is 2.25. The van der Waals surface area contributed by atoms with Crippen LogP contribution in [0.1, 0.15) is 36.8 Å². The molecule has 0 radical (unpaired) electrons. The van der Waals surface area contributed by atoms with Crippen LogP contribution in [-0.2, 0) is 4.84 Å². The standard InChI is InChI=1S/C21H14N2O5/c1-13-6-2-5-9-18(13)27-14-10-11-17(22-12-14)21(26)28-23-19(24)15-7-3-4-8-16(15)20(23)25/h2-12H,1H3. The molecule has 0 aliphatic carbocycles. The van der Waals surface area contributed by atoms with Crippen molar-refractivity contribution in [1.29, 1.82) is 0 Å². The molecule has 1 aliphatic heterocycles. The number of ether oxygens (including phenoxy) is 1. The Balaban J connectivity index is 1.47. The predicted molar refractivity (Wildman–Crippen MR) is 97.8 cm³/mol. The van der Waals surface area contributed by atoms with E-state index in [4.69, 9.17) is 9.57 Å². The van der Waals surface area contributed by atoms with Crippen molar-refractivity contribution in [2.45, 2.75) is 6.92 Å². The zero-order valence-electron chi connectivity index (χ0n) is 14.8. The van der Waals surface area contributed by atoms with Crippen molar-refractivity contribution < 1.29 is 24.0 Å². The molecule has 0 atom stereocenters. The highest BCUT2D eigenvalue weighted by atomic mass is 16.7. The average molecular weight is 374 g/mol. The largest absolute Gasteiger partial charge is 0.455 e. The van der Waals surface area contributed by atoms with Crippen molar-refractivity contribution in [3.05, 3.63) is 89.2 Å². The molecule has 138 valence electrons. The number of imide groups is 1. The minimum absolute atomic E-state index is 0.0614. The summed E-state index contributed by atoms with van der Waals surface area (Å²) in [6, 6.07) is 16.7. The van der Waals surface area contributed by atoms with E-state index in [9.17, 15) is 14.4 Å². The molecule has 0 spiro atoms. The first-order chi connectivity index (χ1) is 13.5. The average Bonchev–Trinajstić information content (AvgIpc) is 2.95. The van der Waals surface area contributed by atoms with Crippen molar-refractivity contribution in [3.63, 3.8) is 0 Å². The molecule has 7 heteroatoms. The number of amides is 2. The molecular weight excluding hydrogens is 360 g/mol. The Labute approximate surface area is 160 Å². The first kappa shape index (κ1) is 17.4. The van der Waals surface area contributed by atoms with E-state index >= 15 is 0 Å². The lowest BCUT2D eigenvalue weighted by Crippen LogP contribution is -2.32. The number of carbonyl (C=O) groups is 3. The molecule has 0 bridgehead atoms. The highest BCUT2D eigenvalue weighted by Gasteiger charge is 2.38. The summed E-state index contributed by atoms with van der Waals surface area (Å²) in [4.78, 5) is 45.8. The Morgan fingerprint density at radius 1 is 0.893 bits per heavy atom. The molecule has 0 saturated carbocycles. The Hall–Kier alpha value is -4.00. The van der Waals surface area contributed by atoms with Crippen LogP contribution in [0.25, 0.3) is 0 Å². The highest BCUT2D eigenvalue weighted by molar-refractivity contribution is 6.21. The number of hydrogen-bond acceptors (Lipinski definition) is 6. The number of benzene rings is 2. The van der Waals surface area contributed by atoms with E-state index < -0.39 is 17.8 Å². The zero-order valence-corrected chi connectivity index (χ0v) is 14.8. The van der Waals surface area contributed by atoms with Gasteiger partial charge in [-0.2, -0.15) is 0 Å². The smallest absolute Gasteiger partial charge is 0.382 e. The van der Waals surface area contributed by atoms with Crippen LogP contribution < -0.4 is 4.74 Å². The third-order valence-corrected chi connectivity index (χ3v) is 4.20. The van der Waals surface area contributed by atoms with Gasteiger partial charge in [0.15, 0.2) is 5.69 Å². The summed E-state index contributed by atoms with van der Waals surface area (Å²) in [7, 11) is 0. The minimum atomic E-state index is -0.919. The first-order valence-corrected chi connectivity index (χ1v) is 8.44. The second-order valence-electron chi connectivity index (χ2n) is 6.08. The molecule has 2 amide bonds. The van der Waals surface area contributed by atoms with Crippen LogP contribution in [0.15, 0.2) is 66.9 Å². The van der Waals surface area contributed by atoms with Crippen LogP contribution in [0.4, 0.5) is 0 Å². The fourth-order valence-corrected chi connectivity index (χ4v) is 2.74. The molecule has 2 heterocycles. The molecule has 3 aromatic rings.